The standard InChI is InChI=1S/C11H14N4O2/c1-8-4-5-15(10(16)6-8)7-9-12-11(13-17-9)14(2)3/h4-6H,7H2,1-3H3. The number of aryl methyl sites for hydroxylation is 1. The lowest BCUT2D eigenvalue weighted by molar-refractivity contribution is 0.369. The summed E-state index contributed by atoms with van der Waals surface area (Å²) in [7, 11) is 3.65. The Labute approximate surface area is 98.5 Å². The number of hydrogen-bond donors (Lipinski definition) is 0. The van der Waals surface area contributed by atoms with Crippen molar-refractivity contribution in [2.75, 3.05) is 19.0 Å². The lowest BCUT2D eigenvalue weighted by atomic mass is 10.3. The Hall–Kier alpha value is -2.11. The van der Waals surface area contributed by atoms with Gasteiger partial charge in [-0.3, -0.25) is 4.79 Å². The van der Waals surface area contributed by atoms with Crippen LogP contribution < -0.4 is 10.5 Å². The molecule has 6 heteroatoms. The molecule has 0 N–H and O–H groups in total. The molecule has 0 atom stereocenters. The summed E-state index contributed by atoms with van der Waals surface area (Å²) in [4.78, 5) is 17.5. The van der Waals surface area contributed by atoms with Crippen LogP contribution in [0, 0.1) is 6.92 Å². The van der Waals surface area contributed by atoms with Crippen LogP contribution >= 0.6 is 0 Å². The van der Waals surface area contributed by atoms with E-state index in [1.165, 1.54) is 4.57 Å². The van der Waals surface area contributed by atoms with Crippen LogP contribution in [0.25, 0.3) is 0 Å². The van der Waals surface area contributed by atoms with Gasteiger partial charge in [0.25, 0.3) is 11.5 Å². The molecule has 2 rings (SSSR count). The molecule has 0 aromatic carbocycles. The van der Waals surface area contributed by atoms with Crippen molar-refractivity contribution in [2.45, 2.75) is 13.5 Å². The number of aromatic nitrogens is 3. The minimum Gasteiger partial charge on any atom is -0.344 e. The van der Waals surface area contributed by atoms with Gasteiger partial charge in [0.1, 0.15) is 6.54 Å². The Bertz CT molecular complexity index is 571. The number of anilines is 1. The first-order valence-corrected chi connectivity index (χ1v) is 5.23. The van der Waals surface area contributed by atoms with Gasteiger partial charge < -0.3 is 14.0 Å². The third kappa shape index (κ3) is 2.52. The van der Waals surface area contributed by atoms with Crippen LogP contribution in [0.15, 0.2) is 27.6 Å². The van der Waals surface area contributed by atoms with Crippen molar-refractivity contribution >= 4 is 5.95 Å². The summed E-state index contributed by atoms with van der Waals surface area (Å²) in [6.07, 6.45) is 1.72. The first-order valence-electron chi connectivity index (χ1n) is 5.23. The molecule has 0 aliphatic heterocycles. The predicted octanol–water partition coefficient (Wildman–Crippen LogP) is 0.654. The second kappa shape index (κ2) is 4.40. The van der Waals surface area contributed by atoms with E-state index in [1.54, 1.807) is 17.2 Å². The quantitative estimate of drug-likeness (QED) is 0.780. The number of hydrogen-bond acceptors (Lipinski definition) is 5. The Morgan fingerprint density at radius 3 is 2.82 bits per heavy atom. The van der Waals surface area contributed by atoms with Gasteiger partial charge in [-0.2, -0.15) is 4.98 Å². The van der Waals surface area contributed by atoms with Gasteiger partial charge in [-0.25, -0.2) is 0 Å². The van der Waals surface area contributed by atoms with Crippen molar-refractivity contribution in [1.29, 1.82) is 0 Å². The molecule has 90 valence electrons. The summed E-state index contributed by atoms with van der Waals surface area (Å²) in [6, 6.07) is 3.44. The lowest BCUT2D eigenvalue weighted by Gasteiger charge is -2.03. The lowest BCUT2D eigenvalue weighted by Crippen LogP contribution is -2.19. The highest BCUT2D eigenvalue weighted by molar-refractivity contribution is 5.23. The van der Waals surface area contributed by atoms with E-state index in [0.29, 0.717) is 18.4 Å². The van der Waals surface area contributed by atoms with E-state index in [2.05, 4.69) is 10.1 Å². The first-order chi connectivity index (χ1) is 8.06. The molecule has 0 aliphatic carbocycles. The van der Waals surface area contributed by atoms with Crippen LogP contribution in [0.3, 0.4) is 0 Å². The first kappa shape index (κ1) is 11.4. The van der Waals surface area contributed by atoms with Gasteiger partial charge >= 0.3 is 0 Å². The summed E-state index contributed by atoms with van der Waals surface area (Å²) < 4.78 is 6.58. The van der Waals surface area contributed by atoms with Crippen LogP contribution in [-0.4, -0.2) is 28.8 Å². The minimum absolute atomic E-state index is 0.0744. The smallest absolute Gasteiger partial charge is 0.265 e. The van der Waals surface area contributed by atoms with E-state index < -0.39 is 0 Å². The SMILES string of the molecule is Cc1ccn(Cc2nc(N(C)C)no2)c(=O)c1. The zero-order valence-corrected chi connectivity index (χ0v) is 10.0. The highest BCUT2D eigenvalue weighted by Crippen LogP contribution is 2.06. The van der Waals surface area contributed by atoms with Crippen LogP contribution in [0.1, 0.15) is 11.5 Å². The molecule has 0 aliphatic rings. The predicted molar refractivity (Wildman–Crippen MR) is 63.2 cm³/mol. The molecule has 0 radical (unpaired) electrons. The van der Waals surface area contributed by atoms with E-state index >= 15 is 0 Å². The zero-order chi connectivity index (χ0) is 12.4. The van der Waals surface area contributed by atoms with Crippen LogP contribution in [-0.2, 0) is 6.54 Å². The second-order valence-electron chi connectivity index (χ2n) is 4.05. The van der Waals surface area contributed by atoms with E-state index in [1.807, 2.05) is 27.1 Å². The van der Waals surface area contributed by atoms with Crippen molar-refractivity contribution in [2.24, 2.45) is 0 Å². The largest absolute Gasteiger partial charge is 0.344 e. The fourth-order valence-electron chi connectivity index (χ4n) is 1.37. The van der Waals surface area contributed by atoms with Crippen molar-refractivity contribution in [1.82, 2.24) is 14.7 Å². The maximum absolute atomic E-state index is 11.6. The molecule has 2 aromatic heterocycles. The van der Waals surface area contributed by atoms with E-state index in [9.17, 15) is 4.79 Å². The fraction of sp³-hybridized carbons (Fsp3) is 0.364. The highest BCUT2D eigenvalue weighted by Gasteiger charge is 2.08. The van der Waals surface area contributed by atoms with Crippen LogP contribution in [0.4, 0.5) is 5.95 Å². The number of nitrogens with zero attached hydrogens (tertiary/aromatic N) is 4. The van der Waals surface area contributed by atoms with Crippen LogP contribution in [0.2, 0.25) is 0 Å². The van der Waals surface area contributed by atoms with Crippen molar-refractivity contribution in [3.63, 3.8) is 0 Å². The van der Waals surface area contributed by atoms with Crippen molar-refractivity contribution < 1.29 is 4.52 Å². The molecular weight excluding hydrogens is 220 g/mol. The maximum atomic E-state index is 11.6. The van der Waals surface area contributed by atoms with Gasteiger partial charge in [0.05, 0.1) is 0 Å². The molecular formula is C11H14N4O2. The molecule has 0 saturated heterocycles. The summed E-state index contributed by atoms with van der Waals surface area (Å²) in [5.74, 6) is 0.916. The molecule has 0 spiro atoms. The molecule has 0 unspecified atom stereocenters. The van der Waals surface area contributed by atoms with Crippen molar-refractivity contribution in [3.8, 4) is 0 Å². The Morgan fingerprint density at radius 1 is 1.47 bits per heavy atom. The minimum atomic E-state index is -0.0744. The topological polar surface area (TPSA) is 64.2 Å². The molecule has 0 fully saturated rings. The molecule has 2 heterocycles. The van der Waals surface area contributed by atoms with Gasteiger partial charge in [0.15, 0.2) is 0 Å². The van der Waals surface area contributed by atoms with E-state index in [0.717, 1.165) is 5.56 Å². The fourth-order valence-corrected chi connectivity index (χ4v) is 1.37. The summed E-state index contributed by atoms with van der Waals surface area (Å²) >= 11 is 0. The van der Waals surface area contributed by atoms with Gasteiger partial charge in [-0.15, -0.1) is 0 Å². The average molecular weight is 234 g/mol. The summed E-state index contributed by atoms with van der Waals surface area (Å²) in [5.41, 5.74) is 0.861. The third-order valence-corrected chi connectivity index (χ3v) is 2.31. The molecule has 0 saturated carbocycles. The Morgan fingerprint density at radius 2 is 2.24 bits per heavy atom. The van der Waals surface area contributed by atoms with Crippen LogP contribution in [0.5, 0.6) is 0 Å². The van der Waals surface area contributed by atoms with Gasteiger partial charge in [-0.1, -0.05) is 0 Å². The highest BCUT2D eigenvalue weighted by atomic mass is 16.5. The Balaban J connectivity index is 2.22. The Kier molecular flexibility index (Phi) is 2.95. The third-order valence-electron chi connectivity index (χ3n) is 2.31. The van der Waals surface area contributed by atoms with Gasteiger partial charge in [0, 0.05) is 26.4 Å². The summed E-state index contributed by atoms with van der Waals surface area (Å²) in [5, 5.41) is 3.78. The molecule has 0 amide bonds. The molecule has 17 heavy (non-hydrogen) atoms. The molecule has 0 bridgehead atoms. The van der Waals surface area contributed by atoms with Crippen molar-refractivity contribution in [3.05, 3.63) is 40.1 Å². The molecule has 6 nitrogen and oxygen atoms in total. The zero-order valence-electron chi connectivity index (χ0n) is 10.0. The normalized spacial score (nSPS) is 10.5. The van der Waals surface area contributed by atoms with Gasteiger partial charge in [-0.05, 0) is 23.7 Å². The maximum Gasteiger partial charge on any atom is 0.265 e. The monoisotopic (exact) mass is 234 g/mol. The number of pyridine rings is 1. The second-order valence-corrected chi connectivity index (χ2v) is 4.05. The average Bonchev–Trinajstić information content (AvgIpc) is 2.71. The van der Waals surface area contributed by atoms with E-state index in [4.69, 9.17) is 4.52 Å². The number of rotatable bonds is 3. The van der Waals surface area contributed by atoms with Gasteiger partial charge in [0.2, 0.25) is 5.89 Å². The summed E-state index contributed by atoms with van der Waals surface area (Å²) in [6.45, 7) is 2.17. The van der Waals surface area contributed by atoms with E-state index in [-0.39, 0.29) is 5.56 Å². The molecule has 2 aromatic rings.